The van der Waals surface area contributed by atoms with Crippen LogP contribution in [0.3, 0.4) is 0 Å². The number of rotatable bonds is 7. The lowest BCUT2D eigenvalue weighted by Gasteiger charge is -2.17. The number of aliphatic imine (C=N–C) groups is 1. The summed E-state index contributed by atoms with van der Waals surface area (Å²) in [6, 6.07) is 16.4. The first-order valence-corrected chi connectivity index (χ1v) is 11.1. The fourth-order valence-electron chi connectivity index (χ4n) is 3.22. The van der Waals surface area contributed by atoms with Crippen LogP contribution in [0.15, 0.2) is 74.6 Å². The number of anilines is 1. The van der Waals surface area contributed by atoms with Crippen LogP contribution in [-0.2, 0) is 11.8 Å². The number of amides is 1. The van der Waals surface area contributed by atoms with E-state index in [1.807, 2.05) is 49.4 Å². The van der Waals surface area contributed by atoms with Crippen molar-refractivity contribution in [3.63, 3.8) is 0 Å². The molecule has 4 rings (SSSR count). The number of carbonyl (C=O) groups is 2. The van der Waals surface area contributed by atoms with Crippen LogP contribution < -0.4 is 19.9 Å². The highest BCUT2D eigenvalue weighted by Crippen LogP contribution is 2.29. The zero-order valence-electron chi connectivity index (χ0n) is 18.0. The number of ketones is 1. The van der Waals surface area contributed by atoms with Gasteiger partial charge in [-0.1, -0.05) is 46.8 Å². The second-order valence-corrected chi connectivity index (χ2v) is 7.94. The van der Waals surface area contributed by atoms with E-state index in [1.54, 1.807) is 18.2 Å². The zero-order chi connectivity index (χ0) is 23.4. The van der Waals surface area contributed by atoms with Crippen LogP contribution in [0.5, 0.6) is 5.75 Å². The van der Waals surface area contributed by atoms with Crippen molar-refractivity contribution in [2.45, 2.75) is 6.92 Å². The lowest BCUT2D eigenvalue weighted by Crippen LogP contribution is -2.40. The Bertz CT molecular complexity index is 1290. The Morgan fingerprint density at radius 1 is 1.18 bits per heavy atom. The highest BCUT2D eigenvalue weighted by molar-refractivity contribution is 8.14. The summed E-state index contributed by atoms with van der Waals surface area (Å²) in [5.41, 5.74) is 0.804. The predicted molar refractivity (Wildman–Crippen MR) is 124 cm³/mol. The lowest BCUT2D eigenvalue weighted by molar-refractivity contribution is -0.741. The number of aromatic amines is 1. The molecule has 1 amide bonds. The van der Waals surface area contributed by atoms with Gasteiger partial charge in [0.05, 0.1) is 18.0 Å². The highest BCUT2D eigenvalue weighted by atomic mass is 32.2. The maximum absolute atomic E-state index is 13.2. The molecule has 0 fully saturated rings. The van der Waals surface area contributed by atoms with Crippen molar-refractivity contribution < 1.29 is 23.5 Å². The summed E-state index contributed by atoms with van der Waals surface area (Å²) in [6.45, 7) is 2.48. The number of para-hydroxylation sites is 1. The summed E-state index contributed by atoms with van der Waals surface area (Å²) >= 11 is 1.07. The summed E-state index contributed by atoms with van der Waals surface area (Å²) in [5, 5.41) is 2.67. The largest absolute Gasteiger partial charge is 0.494 e. The van der Waals surface area contributed by atoms with Crippen LogP contribution >= 0.6 is 11.8 Å². The lowest BCUT2D eigenvalue weighted by atomic mass is 10.2. The molecule has 0 unspecified atom stereocenters. The van der Waals surface area contributed by atoms with E-state index in [4.69, 9.17) is 4.74 Å². The number of amidine groups is 1. The average Bonchev–Trinajstić information content (AvgIpc) is 3.32. The molecule has 10 heteroatoms. The number of benzene rings is 2. The van der Waals surface area contributed by atoms with Crippen LogP contribution in [0.1, 0.15) is 23.0 Å². The molecular weight excluding hydrogens is 444 g/mol. The number of aromatic nitrogens is 2. The number of carbonyl (C=O) groups excluding carboxylic acids is 2. The van der Waals surface area contributed by atoms with Gasteiger partial charge in [0, 0.05) is 0 Å². The van der Waals surface area contributed by atoms with Gasteiger partial charge in [-0.05, 0) is 48.1 Å². The molecule has 33 heavy (non-hydrogen) atoms. The molecule has 1 N–H and O–H groups in total. The van der Waals surface area contributed by atoms with E-state index in [0.29, 0.717) is 17.5 Å². The molecule has 0 spiro atoms. The minimum Gasteiger partial charge on any atom is -0.494 e. The average molecular weight is 466 g/mol. The Labute approximate surface area is 193 Å². The first-order valence-electron chi connectivity index (χ1n) is 10.1. The summed E-state index contributed by atoms with van der Waals surface area (Å²) in [5.74, 6) is -0.104. The smallest absolute Gasteiger partial charge is 0.438 e. The molecule has 2 aromatic carbocycles. The van der Waals surface area contributed by atoms with Crippen LogP contribution in [0.2, 0.25) is 0 Å². The Hall–Kier alpha value is -3.92. The molecule has 168 valence electrons. The number of hydrogen-bond acceptors (Lipinski definition) is 7. The van der Waals surface area contributed by atoms with Crippen molar-refractivity contribution in [3.8, 4) is 5.75 Å². The van der Waals surface area contributed by atoms with E-state index < -0.39 is 11.4 Å². The molecule has 0 bridgehead atoms. The van der Waals surface area contributed by atoms with Gasteiger partial charge < -0.3 is 4.74 Å². The molecule has 0 saturated heterocycles. The number of thioether (sulfide) groups is 1. The third-order valence-electron chi connectivity index (χ3n) is 4.74. The highest BCUT2D eigenvalue weighted by Gasteiger charge is 2.34. The van der Waals surface area contributed by atoms with Gasteiger partial charge in [-0.25, -0.2) is 9.79 Å². The molecule has 0 radical (unpaired) electrons. The van der Waals surface area contributed by atoms with E-state index in [2.05, 4.69) is 14.8 Å². The van der Waals surface area contributed by atoms with E-state index in [1.165, 1.54) is 16.6 Å². The van der Waals surface area contributed by atoms with Gasteiger partial charge in [0.2, 0.25) is 5.78 Å². The SMILES string of the molecule is CCOc1ccc(/C=C2/N=C(SCC(=O)c3c(=O)o[nH][n+]3C)N(c3ccccc3)C2=O)cc1. The van der Waals surface area contributed by atoms with E-state index >= 15 is 0 Å². The maximum Gasteiger partial charge on any atom is 0.438 e. The van der Waals surface area contributed by atoms with Crippen molar-refractivity contribution in [1.29, 1.82) is 0 Å². The molecule has 2 heterocycles. The Balaban J connectivity index is 1.61. The van der Waals surface area contributed by atoms with Crippen molar-refractivity contribution >= 4 is 40.4 Å². The predicted octanol–water partition coefficient (Wildman–Crippen LogP) is 2.55. The standard InChI is InChI=1S/C23H20N4O5S/c1-3-31-17-11-9-15(10-12-17)13-18-21(29)27(16-7-5-4-6-8-16)23(24-18)33-14-19(28)20-22(30)32-25-26(20)2/h4-13H,3,14H2,1-2H3/p+1/b18-13+. The number of H-pyrrole nitrogens is 1. The van der Waals surface area contributed by atoms with E-state index in [0.717, 1.165) is 23.1 Å². The minimum absolute atomic E-state index is 0.0950. The molecule has 1 aliphatic rings. The second kappa shape index (κ2) is 9.70. The fraction of sp³-hybridized carbons (Fsp3) is 0.174. The van der Waals surface area contributed by atoms with Crippen LogP contribution in [-0.4, -0.2) is 34.5 Å². The number of nitrogens with one attached hydrogen (secondary N) is 1. The number of hydrogen-bond donors (Lipinski definition) is 1. The normalized spacial score (nSPS) is 14.6. The van der Waals surface area contributed by atoms with Crippen LogP contribution in [0.4, 0.5) is 5.69 Å². The van der Waals surface area contributed by atoms with E-state index in [-0.39, 0.29) is 23.1 Å². The molecule has 3 aromatic rings. The second-order valence-electron chi connectivity index (χ2n) is 7.00. The number of aryl methyl sites for hydroxylation is 1. The van der Waals surface area contributed by atoms with Gasteiger partial charge in [0.1, 0.15) is 11.4 Å². The number of Topliss-reactive ketones (excluding diaryl/α,β-unsaturated/α-hetero) is 1. The van der Waals surface area contributed by atoms with Gasteiger partial charge in [-0.3, -0.25) is 19.0 Å². The Morgan fingerprint density at radius 3 is 2.55 bits per heavy atom. The first kappa shape index (κ1) is 22.3. The summed E-state index contributed by atoms with van der Waals surface area (Å²) in [6.07, 6.45) is 1.68. The van der Waals surface area contributed by atoms with Crippen molar-refractivity contribution in [2.75, 3.05) is 17.3 Å². The van der Waals surface area contributed by atoms with Gasteiger partial charge in [0.25, 0.3) is 5.91 Å². The van der Waals surface area contributed by atoms with Gasteiger partial charge in [-0.2, -0.15) is 0 Å². The molecule has 0 aliphatic carbocycles. The van der Waals surface area contributed by atoms with E-state index in [9.17, 15) is 14.4 Å². The monoisotopic (exact) mass is 465 g/mol. The third kappa shape index (κ3) is 4.80. The molecule has 0 saturated carbocycles. The molecular formula is C23H21N4O5S+. The Morgan fingerprint density at radius 2 is 1.91 bits per heavy atom. The summed E-state index contributed by atoms with van der Waals surface area (Å²) < 4.78 is 11.3. The Kier molecular flexibility index (Phi) is 6.55. The quantitative estimate of drug-likeness (QED) is 0.326. The maximum atomic E-state index is 13.2. The molecule has 9 nitrogen and oxygen atoms in total. The zero-order valence-corrected chi connectivity index (χ0v) is 18.8. The molecule has 1 aliphatic heterocycles. The third-order valence-corrected chi connectivity index (χ3v) is 5.68. The molecule has 1 aromatic heterocycles. The fourth-order valence-corrected chi connectivity index (χ4v) is 4.10. The molecule has 0 atom stereocenters. The first-order chi connectivity index (χ1) is 16.0. The number of nitrogens with zero attached hydrogens (tertiary/aromatic N) is 3. The van der Waals surface area contributed by atoms with Gasteiger partial charge in [-0.15, -0.1) is 0 Å². The van der Waals surface area contributed by atoms with Crippen molar-refractivity contribution in [1.82, 2.24) is 5.27 Å². The van der Waals surface area contributed by atoms with Crippen LogP contribution in [0, 0.1) is 0 Å². The van der Waals surface area contributed by atoms with Crippen molar-refractivity contribution in [2.24, 2.45) is 12.0 Å². The number of ether oxygens (including phenoxy) is 1. The minimum atomic E-state index is -0.747. The van der Waals surface area contributed by atoms with Crippen molar-refractivity contribution in [3.05, 3.63) is 82.0 Å². The topological polar surface area (TPSA) is 109 Å². The van der Waals surface area contributed by atoms with Gasteiger partial charge in [0.15, 0.2) is 12.2 Å². The summed E-state index contributed by atoms with van der Waals surface area (Å²) in [7, 11) is 1.51. The van der Waals surface area contributed by atoms with Crippen LogP contribution in [0.25, 0.3) is 6.08 Å². The summed E-state index contributed by atoms with van der Waals surface area (Å²) in [4.78, 5) is 43.5. The van der Waals surface area contributed by atoms with Gasteiger partial charge >= 0.3 is 11.3 Å².